The maximum absolute atomic E-state index is 10.7. The third-order valence-electron chi connectivity index (χ3n) is 2.98. The Morgan fingerprint density at radius 1 is 1.67 bits per heavy atom. The number of hydrogen-bond acceptors (Lipinski definition) is 5. The average Bonchev–Trinajstić information content (AvgIpc) is 2.93. The number of nitrogens with zero attached hydrogens (tertiary/aromatic N) is 1. The van der Waals surface area contributed by atoms with Crippen molar-refractivity contribution in [1.82, 2.24) is 10.3 Å². The lowest BCUT2D eigenvalue weighted by atomic mass is 10.2. The Hall–Kier alpha value is -0.980. The van der Waals surface area contributed by atoms with Crippen LogP contribution in [0.15, 0.2) is 5.38 Å². The number of carboxylic acid groups (broad SMARTS) is 1. The molecule has 0 radical (unpaired) electrons. The van der Waals surface area contributed by atoms with E-state index in [9.17, 15) is 4.79 Å². The Morgan fingerprint density at radius 2 is 2.50 bits per heavy atom. The Bertz CT molecular complexity index is 408. The Balaban J connectivity index is 1.60. The quantitative estimate of drug-likeness (QED) is 0.760. The second-order valence-corrected chi connectivity index (χ2v) is 5.54. The molecule has 2 unspecified atom stereocenters. The molecule has 2 atom stereocenters. The van der Waals surface area contributed by atoms with Gasteiger partial charge < -0.3 is 15.2 Å². The van der Waals surface area contributed by atoms with Crippen molar-refractivity contribution in [2.75, 3.05) is 13.1 Å². The Kier molecular flexibility index (Phi) is 4.68. The summed E-state index contributed by atoms with van der Waals surface area (Å²) in [5, 5.41) is 15.3. The molecule has 1 saturated heterocycles. The van der Waals surface area contributed by atoms with Crippen LogP contribution in [-0.4, -0.2) is 41.4 Å². The average molecular weight is 270 g/mol. The van der Waals surface area contributed by atoms with E-state index in [1.807, 2.05) is 6.92 Å². The predicted octanol–water partition coefficient (Wildman–Crippen LogP) is 1.22. The molecule has 1 fully saturated rings. The van der Waals surface area contributed by atoms with E-state index in [2.05, 4.69) is 15.7 Å². The first kappa shape index (κ1) is 13.5. The van der Waals surface area contributed by atoms with Crippen molar-refractivity contribution in [3.63, 3.8) is 0 Å². The topological polar surface area (TPSA) is 71.5 Å². The van der Waals surface area contributed by atoms with Crippen molar-refractivity contribution in [2.24, 2.45) is 0 Å². The number of aromatic nitrogens is 1. The Morgan fingerprint density at radius 3 is 3.11 bits per heavy atom. The van der Waals surface area contributed by atoms with Gasteiger partial charge >= 0.3 is 5.97 Å². The molecular weight excluding hydrogens is 252 g/mol. The molecule has 18 heavy (non-hydrogen) atoms. The number of aliphatic carboxylic acids is 1. The first-order valence-electron chi connectivity index (χ1n) is 6.15. The van der Waals surface area contributed by atoms with E-state index in [-0.39, 0.29) is 6.10 Å². The van der Waals surface area contributed by atoms with Crippen molar-refractivity contribution in [1.29, 1.82) is 0 Å². The highest BCUT2D eigenvalue weighted by Gasteiger charge is 2.29. The first-order valence-corrected chi connectivity index (χ1v) is 7.03. The van der Waals surface area contributed by atoms with Crippen LogP contribution in [0.2, 0.25) is 0 Å². The lowest BCUT2D eigenvalue weighted by Gasteiger charge is -2.11. The van der Waals surface area contributed by atoms with Gasteiger partial charge in [0.1, 0.15) is 0 Å². The zero-order valence-electron chi connectivity index (χ0n) is 10.4. The number of carbonyl (C=O) groups is 1. The van der Waals surface area contributed by atoms with Gasteiger partial charge in [-0.2, -0.15) is 0 Å². The molecule has 1 aromatic rings. The minimum absolute atomic E-state index is 0.0308. The van der Waals surface area contributed by atoms with Gasteiger partial charge in [0.15, 0.2) is 6.10 Å². The fourth-order valence-corrected chi connectivity index (χ4v) is 2.69. The number of carboxylic acids is 1. The molecule has 2 N–H and O–H groups in total. The summed E-state index contributed by atoms with van der Waals surface area (Å²) in [4.78, 5) is 15.1. The van der Waals surface area contributed by atoms with Crippen molar-refractivity contribution >= 4 is 17.3 Å². The molecule has 0 saturated carbocycles. The number of hydrogen-bond donors (Lipinski definition) is 2. The fraction of sp³-hybridized carbons (Fsp3) is 0.667. The molecule has 0 aliphatic carbocycles. The summed E-state index contributed by atoms with van der Waals surface area (Å²) in [6, 6.07) is 0. The van der Waals surface area contributed by atoms with Crippen LogP contribution in [0.25, 0.3) is 0 Å². The van der Waals surface area contributed by atoms with Gasteiger partial charge in [-0.05, 0) is 19.8 Å². The van der Waals surface area contributed by atoms with Gasteiger partial charge in [0.25, 0.3) is 0 Å². The predicted molar refractivity (Wildman–Crippen MR) is 69.0 cm³/mol. The second-order valence-electron chi connectivity index (χ2n) is 4.47. The van der Waals surface area contributed by atoms with Gasteiger partial charge in [-0.3, -0.25) is 0 Å². The highest BCUT2D eigenvalue weighted by molar-refractivity contribution is 7.09. The largest absolute Gasteiger partial charge is 0.479 e. The Labute approximate surface area is 110 Å². The number of nitrogens with one attached hydrogen (secondary N) is 1. The van der Waals surface area contributed by atoms with Crippen LogP contribution < -0.4 is 5.32 Å². The van der Waals surface area contributed by atoms with Crippen LogP contribution >= 0.6 is 11.3 Å². The second kappa shape index (κ2) is 6.26. The molecule has 100 valence electrons. The van der Waals surface area contributed by atoms with Crippen LogP contribution in [-0.2, 0) is 16.0 Å². The molecule has 2 heterocycles. The molecule has 0 spiro atoms. The van der Waals surface area contributed by atoms with Crippen LogP contribution in [0.4, 0.5) is 0 Å². The zero-order valence-corrected chi connectivity index (χ0v) is 11.2. The number of thiazole rings is 1. The van der Waals surface area contributed by atoms with Crippen LogP contribution in [0.1, 0.15) is 23.5 Å². The van der Waals surface area contributed by atoms with E-state index in [4.69, 9.17) is 9.84 Å². The van der Waals surface area contributed by atoms with Crippen molar-refractivity contribution in [2.45, 2.75) is 38.4 Å². The molecule has 2 rings (SSSR count). The van der Waals surface area contributed by atoms with Crippen molar-refractivity contribution in [3.05, 3.63) is 16.1 Å². The minimum Gasteiger partial charge on any atom is -0.479 e. The van der Waals surface area contributed by atoms with Gasteiger partial charge in [0.05, 0.1) is 16.8 Å². The lowest BCUT2D eigenvalue weighted by Crippen LogP contribution is -2.30. The summed E-state index contributed by atoms with van der Waals surface area (Å²) >= 11 is 1.66. The molecule has 0 amide bonds. The van der Waals surface area contributed by atoms with Gasteiger partial charge in [0, 0.05) is 24.9 Å². The van der Waals surface area contributed by atoms with Gasteiger partial charge in [-0.1, -0.05) is 0 Å². The molecular formula is C12H18N2O3S. The summed E-state index contributed by atoms with van der Waals surface area (Å²) in [6.45, 7) is 3.56. The summed E-state index contributed by atoms with van der Waals surface area (Å²) < 4.78 is 5.40. The monoisotopic (exact) mass is 270 g/mol. The zero-order chi connectivity index (χ0) is 13.0. The molecule has 5 nitrogen and oxygen atoms in total. The standard InChI is InChI=1S/C12H18N2O3S/c1-8-14-9(7-18-8)4-5-13-6-10-2-3-11(17-10)12(15)16/h7,10-11,13H,2-6H2,1H3,(H,15,16). The molecule has 1 aliphatic rings. The van der Waals surface area contributed by atoms with E-state index in [0.717, 1.165) is 30.1 Å². The van der Waals surface area contributed by atoms with E-state index >= 15 is 0 Å². The SMILES string of the molecule is Cc1nc(CCNCC2CCC(C(=O)O)O2)cs1. The highest BCUT2D eigenvalue weighted by atomic mass is 32.1. The third-order valence-corrected chi connectivity index (χ3v) is 3.80. The van der Waals surface area contributed by atoms with Crippen LogP contribution in [0.5, 0.6) is 0 Å². The van der Waals surface area contributed by atoms with Crippen molar-refractivity contribution in [3.8, 4) is 0 Å². The number of aryl methyl sites for hydroxylation is 1. The van der Waals surface area contributed by atoms with Gasteiger partial charge in [0.2, 0.25) is 0 Å². The van der Waals surface area contributed by atoms with Crippen molar-refractivity contribution < 1.29 is 14.6 Å². The third kappa shape index (κ3) is 3.76. The first-order chi connectivity index (χ1) is 8.65. The van der Waals surface area contributed by atoms with Crippen LogP contribution in [0, 0.1) is 6.92 Å². The number of rotatable bonds is 6. The summed E-state index contributed by atoms with van der Waals surface area (Å²) in [5.41, 5.74) is 1.11. The fourth-order valence-electron chi connectivity index (χ4n) is 2.04. The van der Waals surface area contributed by atoms with E-state index in [0.29, 0.717) is 13.0 Å². The summed E-state index contributed by atoms with van der Waals surface area (Å²) in [5.74, 6) is -0.851. The van der Waals surface area contributed by atoms with Crippen LogP contribution in [0.3, 0.4) is 0 Å². The lowest BCUT2D eigenvalue weighted by molar-refractivity contribution is -0.149. The summed E-state index contributed by atoms with van der Waals surface area (Å²) in [6.07, 6.45) is 1.76. The minimum atomic E-state index is -0.851. The highest BCUT2D eigenvalue weighted by Crippen LogP contribution is 2.19. The maximum Gasteiger partial charge on any atom is 0.332 e. The van der Waals surface area contributed by atoms with E-state index in [1.165, 1.54) is 0 Å². The number of ether oxygens (including phenoxy) is 1. The smallest absolute Gasteiger partial charge is 0.332 e. The maximum atomic E-state index is 10.7. The van der Waals surface area contributed by atoms with Gasteiger partial charge in [-0.25, -0.2) is 9.78 Å². The molecule has 6 heteroatoms. The van der Waals surface area contributed by atoms with Gasteiger partial charge in [-0.15, -0.1) is 11.3 Å². The summed E-state index contributed by atoms with van der Waals surface area (Å²) in [7, 11) is 0. The van der Waals surface area contributed by atoms with E-state index < -0.39 is 12.1 Å². The normalized spacial score (nSPS) is 23.4. The molecule has 0 aromatic carbocycles. The van der Waals surface area contributed by atoms with E-state index in [1.54, 1.807) is 11.3 Å². The molecule has 0 bridgehead atoms. The molecule has 1 aromatic heterocycles. The molecule has 1 aliphatic heterocycles.